The maximum absolute atomic E-state index is 12.6. The lowest BCUT2D eigenvalue weighted by Crippen LogP contribution is -2.38. The number of ether oxygens (including phenoxy) is 2. The largest absolute Gasteiger partial charge is 0.392 e. The number of unbranched alkanes of at least 4 members (excludes halogenated alkanes) is 3. The molecule has 0 spiro atoms. The van der Waals surface area contributed by atoms with Crippen molar-refractivity contribution in [1.82, 2.24) is 15.7 Å². The Bertz CT molecular complexity index is 2000. The van der Waals surface area contributed by atoms with Crippen LogP contribution in [0.4, 0.5) is 0 Å². The minimum Gasteiger partial charge on any atom is -0.392 e. The number of aliphatic hydroxyl groups is 1. The van der Waals surface area contributed by atoms with E-state index in [0.29, 0.717) is 25.8 Å². The first-order valence-electron chi connectivity index (χ1n) is 19.4. The number of carbonyl (C=O) groups excluding carboxylic acids is 2. The van der Waals surface area contributed by atoms with Crippen LogP contribution in [0.2, 0.25) is 0 Å². The maximum atomic E-state index is 12.6. The van der Waals surface area contributed by atoms with E-state index in [2.05, 4.69) is 97.0 Å². The highest BCUT2D eigenvalue weighted by Gasteiger charge is 2.33. The molecule has 9 heteroatoms. The number of rotatable bonds is 17. The van der Waals surface area contributed by atoms with Crippen molar-refractivity contribution in [2.24, 2.45) is 0 Å². The number of amides is 2. The van der Waals surface area contributed by atoms with E-state index in [1.807, 2.05) is 42.5 Å². The molecule has 1 saturated heterocycles. The standard InChI is InChI=1S/C46H53N3O6/c1-32(38-26-21-34-11-7-8-12-39(34)27-38)49(2)30-41-28-43(36-19-17-33(31-50)18-20-36)55-46(54-41)37-24-22-35(23-25-37)42-14-10-9-13-40(42)29-47-44(51)15-5-3-4-6-16-45(52)48-53/h7-14,17-27,32,41,43,46,50,53H,3-6,15-16,28-31H2,1-2H3,(H,47,51)(H,48,52)/t32-,41-,43+,46+/m1/s1. The van der Waals surface area contributed by atoms with E-state index in [4.69, 9.17) is 14.7 Å². The SMILES string of the molecule is C[C@H](c1ccc2ccccc2c1)N(C)C[C@H]1C[C@@H](c2ccc(CO)cc2)O[C@@H](c2ccc(-c3ccccc3CNC(=O)CCCCCCC(=O)NO)cc2)O1. The van der Waals surface area contributed by atoms with Crippen molar-refractivity contribution in [2.45, 2.75) is 89.6 Å². The van der Waals surface area contributed by atoms with E-state index in [-0.39, 0.29) is 43.1 Å². The summed E-state index contributed by atoms with van der Waals surface area (Å²) in [6, 6.07) is 39.7. The lowest BCUT2D eigenvalue weighted by Gasteiger charge is -2.39. The Morgan fingerprint density at radius 3 is 2.18 bits per heavy atom. The van der Waals surface area contributed by atoms with Gasteiger partial charge in [0.1, 0.15) is 0 Å². The average Bonchev–Trinajstić information content (AvgIpc) is 3.23. The van der Waals surface area contributed by atoms with Gasteiger partial charge in [-0.25, -0.2) is 5.48 Å². The smallest absolute Gasteiger partial charge is 0.243 e. The number of hydrogen-bond acceptors (Lipinski definition) is 7. The molecule has 1 aliphatic heterocycles. The van der Waals surface area contributed by atoms with Gasteiger partial charge in [-0.15, -0.1) is 0 Å². The van der Waals surface area contributed by atoms with Crippen molar-refractivity contribution in [3.8, 4) is 11.1 Å². The van der Waals surface area contributed by atoms with Gasteiger partial charge in [0, 0.05) is 44.0 Å². The zero-order chi connectivity index (χ0) is 38.6. The van der Waals surface area contributed by atoms with Crippen LogP contribution >= 0.6 is 0 Å². The van der Waals surface area contributed by atoms with Gasteiger partial charge >= 0.3 is 0 Å². The van der Waals surface area contributed by atoms with Gasteiger partial charge in [-0.1, -0.05) is 122 Å². The van der Waals surface area contributed by atoms with E-state index >= 15 is 0 Å². The van der Waals surface area contributed by atoms with E-state index in [1.165, 1.54) is 16.3 Å². The predicted octanol–water partition coefficient (Wildman–Crippen LogP) is 8.70. The minimum atomic E-state index is -0.568. The fourth-order valence-corrected chi connectivity index (χ4v) is 7.27. The van der Waals surface area contributed by atoms with Gasteiger partial charge < -0.3 is 19.9 Å². The highest BCUT2D eigenvalue weighted by Crippen LogP contribution is 2.39. The summed E-state index contributed by atoms with van der Waals surface area (Å²) in [6.45, 7) is 3.38. The van der Waals surface area contributed by atoms with Gasteiger partial charge in [-0.2, -0.15) is 0 Å². The molecule has 9 nitrogen and oxygen atoms in total. The van der Waals surface area contributed by atoms with Crippen molar-refractivity contribution in [3.63, 3.8) is 0 Å². The monoisotopic (exact) mass is 743 g/mol. The zero-order valence-electron chi connectivity index (χ0n) is 31.8. The van der Waals surface area contributed by atoms with E-state index < -0.39 is 6.29 Å². The fraction of sp³-hybridized carbons (Fsp3) is 0.348. The number of fused-ring (bicyclic) bond motifs is 1. The summed E-state index contributed by atoms with van der Waals surface area (Å²) in [5.74, 6) is -0.384. The molecule has 55 heavy (non-hydrogen) atoms. The quantitative estimate of drug-likeness (QED) is 0.0427. The number of hydrogen-bond donors (Lipinski definition) is 4. The van der Waals surface area contributed by atoms with E-state index in [9.17, 15) is 14.7 Å². The number of benzene rings is 5. The van der Waals surface area contributed by atoms with Crippen LogP contribution in [0.3, 0.4) is 0 Å². The molecule has 4 atom stereocenters. The third kappa shape index (κ3) is 10.9. The van der Waals surface area contributed by atoms with Crippen LogP contribution in [0.1, 0.15) is 98.1 Å². The summed E-state index contributed by atoms with van der Waals surface area (Å²) in [4.78, 5) is 26.1. The Morgan fingerprint density at radius 2 is 1.45 bits per heavy atom. The number of aliphatic hydroxyl groups excluding tert-OH is 1. The van der Waals surface area contributed by atoms with Crippen LogP contribution in [-0.2, 0) is 32.2 Å². The second-order valence-electron chi connectivity index (χ2n) is 14.6. The summed E-state index contributed by atoms with van der Waals surface area (Å²) in [5.41, 5.74) is 8.86. The predicted molar refractivity (Wildman–Crippen MR) is 215 cm³/mol. The van der Waals surface area contributed by atoms with Crippen LogP contribution in [0, 0.1) is 0 Å². The van der Waals surface area contributed by atoms with Crippen molar-refractivity contribution >= 4 is 22.6 Å². The Balaban J connectivity index is 1.11. The molecule has 6 rings (SSSR count). The van der Waals surface area contributed by atoms with Crippen molar-refractivity contribution in [2.75, 3.05) is 13.6 Å². The average molecular weight is 744 g/mol. The normalized spacial score (nSPS) is 17.6. The molecule has 1 fully saturated rings. The van der Waals surface area contributed by atoms with E-state index in [0.717, 1.165) is 59.2 Å². The molecule has 0 aliphatic carbocycles. The first-order chi connectivity index (χ1) is 26.8. The maximum Gasteiger partial charge on any atom is 0.243 e. The van der Waals surface area contributed by atoms with Gasteiger partial charge in [0.2, 0.25) is 11.8 Å². The van der Waals surface area contributed by atoms with Gasteiger partial charge in [0.15, 0.2) is 6.29 Å². The molecule has 5 aromatic rings. The zero-order valence-corrected chi connectivity index (χ0v) is 31.8. The number of nitrogens with one attached hydrogen (secondary N) is 2. The third-order valence-electron chi connectivity index (χ3n) is 10.7. The number of nitrogens with zero attached hydrogens (tertiary/aromatic N) is 1. The Kier molecular flexibility index (Phi) is 14.2. The third-order valence-corrected chi connectivity index (χ3v) is 10.7. The molecule has 5 aromatic carbocycles. The number of likely N-dealkylation sites (N-methyl/N-ethyl adjacent to an activating group) is 1. The number of hydroxylamine groups is 1. The summed E-state index contributed by atoms with van der Waals surface area (Å²) in [5, 5.41) is 23.8. The fourth-order valence-electron chi connectivity index (χ4n) is 7.27. The molecule has 288 valence electrons. The summed E-state index contributed by atoms with van der Waals surface area (Å²) in [7, 11) is 2.15. The molecule has 1 heterocycles. The molecular weight excluding hydrogens is 691 g/mol. The highest BCUT2D eigenvalue weighted by molar-refractivity contribution is 5.83. The van der Waals surface area contributed by atoms with Gasteiger partial charge in [-0.3, -0.25) is 19.7 Å². The Morgan fingerprint density at radius 1 is 0.782 bits per heavy atom. The Hall–Kier alpha value is -4.90. The molecule has 0 radical (unpaired) electrons. The lowest BCUT2D eigenvalue weighted by molar-refractivity contribution is -0.253. The van der Waals surface area contributed by atoms with Crippen LogP contribution in [0.15, 0.2) is 115 Å². The first-order valence-corrected chi connectivity index (χ1v) is 19.4. The highest BCUT2D eigenvalue weighted by atomic mass is 16.7. The lowest BCUT2D eigenvalue weighted by atomic mass is 9.97. The van der Waals surface area contributed by atoms with Gasteiger partial charge in [-0.05, 0) is 77.0 Å². The Labute approximate surface area is 324 Å². The second kappa shape index (κ2) is 19.6. The molecule has 2 amide bonds. The van der Waals surface area contributed by atoms with Crippen molar-refractivity contribution in [1.29, 1.82) is 0 Å². The van der Waals surface area contributed by atoms with Crippen LogP contribution < -0.4 is 10.8 Å². The van der Waals surface area contributed by atoms with Crippen molar-refractivity contribution in [3.05, 3.63) is 143 Å². The first kappa shape index (κ1) is 39.8. The van der Waals surface area contributed by atoms with Gasteiger partial charge in [0.25, 0.3) is 0 Å². The molecule has 0 saturated carbocycles. The second-order valence-corrected chi connectivity index (χ2v) is 14.6. The topological polar surface area (TPSA) is 120 Å². The molecular formula is C46H53N3O6. The molecule has 0 unspecified atom stereocenters. The van der Waals surface area contributed by atoms with Crippen LogP contribution in [-0.4, -0.2) is 46.7 Å². The van der Waals surface area contributed by atoms with Crippen LogP contribution in [0.25, 0.3) is 21.9 Å². The number of carbonyl (C=O) groups is 2. The minimum absolute atomic E-state index is 0.00254. The van der Waals surface area contributed by atoms with Crippen molar-refractivity contribution < 1.29 is 29.4 Å². The molecule has 4 N–H and O–H groups in total. The summed E-state index contributed by atoms with van der Waals surface area (Å²) in [6.07, 6.45) is 3.68. The van der Waals surface area contributed by atoms with E-state index in [1.54, 1.807) is 5.48 Å². The molecule has 0 bridgehead atoms. The summed E-state index contributed by atoms with van der Waals surface area (Å²) < 4.78 is 13.4. The van der Waals surface area contributed by atoms with Crippen LogP contribution in [0.5, 0.6) is 0 Å². The molecule has 1 aliphatic rings. The molecule has 0 aromatic heterocycles. The summed E-state index contributed by atoms with van der Waals surface area (Å²) >= 11 is 0. The van der Waals surface area contributed by atoms with Gasteiger partial charge in [0.05, 0.1) is 18.8 Å².